The predicted molar refractivity (Wildman–Crippen MR) is 82.0 cm³/mol. The largest absolute Gasteiger partial charge is 0.377 e. The normalized spacial score (nSPS) is 30.3. The summed E-state index contributed by atoms with van der Waals surface area (Å²) in [5.41, 5.74) is 1.43. The summed E-state index contributed by atoms with van der Waals surface area (Å²) in [5.74, 6) is 0.547. The fourth-order valence-electron chi connectivity index (χ4n) is 3.43. The molecule has 0 N–H and O–H groups in total. The van der Waals surface area contributed by atoms with Crippen molar-refractivity contribution in [2.45, 2.75) is 31.5 Å². The van der Waals surface area contributed by atoms with Crippen molar-refractivity contribution in [1.29, 1.82) is 0 Å². The van der Waals surface area contributed by atoms with E-state index in [1.54, 1.807) is 11.3 Å². The molecule has 1 aliphatic heterocycles. The Morgan fingerprint density at radius 1 is 1.50 bits per heavy atom. The Morgan fingerprint density at radius 2 is 2.45 bits per heavy atom. The number of hydrogen-bond acceptors (Lipinski definition) is 4. The van der Waals surface area contributed by atoms with Crippen LogP contribution in [0.25, 0.3) is 0 Å². The molecule has 4 heteroatoms. The number of ether oxygens (including phenoxy) is 2. The van der Waals surface area contributed by atoms with E-state index in [-0.39, 0.29) is 0 Å². The van der Waals surface area contributed by atoms with Crippen LogP contribution in [0.5, 0.6) is 0 Å². The average Bonchev–Trinajstić information content (AvgIpc) is 3.10. The van der Waals surface area contributed by atoms with Gasteiger partial charge in [0.1, 0.15) is 0 Å². The van der Waals surface area contributed by atoms with Gasteiger partial charge in [-0.2, -0.15) is 11.3 Å². The van der Waals surface area contributed by atoms with Crippen molar-refractivity contribution >= 4 is 11.3 Å². The third-order valence-electron chi connectivity index (χ3n) is 4.37. The Bertz CT molecular complexity index is 420. The summed E-state index contributed by atoms with van der Waals surface area (Å²) in [6.07, 6.45) is 4.62. The molecule has 0 unspecified atom stereocenters. The summed E-state index contributed by atoms with van der Waals surface area (Å²) >= 11 is 1.78. The molecule has 2 heterocycles. The highest BCUT2D eigenvalue weighted by Gasteiger charge is 2.42. The molecule has 2 aliphatic rings. The first-order valence-corrected chi connectivity index (χ1v) is 8.38. The van der Waals surface area contributed by atoms with E-state index in [0.29, 0.717) is 24.7 Å². The van der Waals surface area contributed by atoms with Crippen LogP contribution in [0.2, 0.25) is 0 Å². The predicted octanol–water partition coefficient (Wildman–Crippen LogP) is 2.93. The van der Waals surface area contributed by atoms with Gasteiger partial charge in [-0.3, -0.25) is 4.90 Å². The third-order valence-corrected chi connectivity index (χ3v) is 5.10. The number of hydrogen-bond donors (Lipinski definition) is 0. The first-order chi connectivity index (χ1) is 9.88. The van der Waals surface area contributed by atoms with Gasteiger partial charge in [0, 0.05) is 25.0 Å². The zero-order chi connectivity index (χ0) is 13.8. The molecule has 0 amide bonds. The minimum atomic E-state index is 0.354. The monoisotopic (exact) mass is 293 g/mol. The second kappa shape index (κ2) is 6.85. The first kappa shape index (κ1) is 14.3. The Labute approximate surface area is 125 Å². The van der Waals surface area contributed by atoms with E-state index < -0.39 is 0 Å². The summed E-state index contributed by atoms with van der Waals surface area (Å²) in [7, 11) is 0. The van der Waals surface area contributed by atoms with Gasteiger partial charge in [-0.1, -0.05) is 6.08 Å². The molecule has 3 atom stereocenters. The Morgan fingerprint density at radius 3 is 3.25 bits per heavy atom. The second-order valence-electron chi connectivity index (χ2n) is 5.67. The van der Waals surface area contributed by atoms with Crippen molar-refractivity contribution in [1.82, 2.24) is 4.90 Å². The van der Waals surface area contributed by atoms with Gasteiger partial charge in [0.2, 0.25) is 0 Å². The maximum absolute atomic E-state index is 6.05. The van der Waals surface area contributed by atoms with Gasteiger partial charge in [-0.25, -0.2) is 0 Å². The van der Waals surface area contributed by atoms with Gasteiger partial charge in [0.15, 0.2) is 0 Å². The van der Waals surface area contributed by atoms with Crippen LogP contribution < -0.4 is 0 Å². The first-order valence-electron chi connectivity index (χ1n) is 7.44. The van der Waals surface area contributed by atoms with Crippen LogP contribution in [0, 0.1) is 5.92 Å². The smallest absolute Gasteiger partial charge is 0.0781 e. The van der Waals surface area contributed by atoms with E-state index in [0.717, 1.165) is 26.3 Å². The minimum absolute atomic E-state index is 0.354. The topological polar surface area (TPSA) is 21.7 Å². The maximum Gasteiger partial charge on any atom is 0.0781 e. The van der Waals surface area contributed by atoms with E-state index in [2.05, 4.69) is 28.3 Å². The zero-order valence-corrected chi connectivity index (χ0v) is 12.7. The van der Waals surface area contributed by atoms with Crippen molar-refractivity contribution in [3.8, 4) is 0 Å². The maximum atomic E-state index is 6.05. The molecule has 3 rings (SSSR count). The lowest BCUT2D eigenvalue weighted by molar-refractivity contribution is -0.0868. The molecule has 2 fully saturated rings. The summed E-state index contributed by atoms with van der Waals surface area (Å²) in [5, 5.41) is 4.41. The number of rotatable bonds is 6. The zero-order valence-electron chi connectivity index (χ0n) is 11.9. The minimum Gasteiger partial charge on any atom is -0.377 e. The molecule has 1 aromatic rings. The molecule has 1 aliphatic carbocycles. The molecular formula is C16H23NO2S. The van der Waals surface area contributed by atoms with Crippen LogP contribution in [-0.2, 0) is 16.0 Å². The SMILES string of the molecule is C=CCOC[C@@H]1CC[C@@H]2[C@H]1OCCN2Cc1ccsc1. The summed E-state index contributed by atoms with van der Waals surface area (Å²) in [4.78, 5) is 2.60. The summed E-state index contributed by atoms with van der Waals surface area (Å²) in [6, 6.07) is 2.80. The van der Waals surface area contributed by atoms with Gasteiger partial charge >= 0.3 is 0 Å². The molecule has 20 heavy (non-hydrogen) atoms. The van der Waals surface area contributed by atoms with E-state index in [1.807, 2.05) is 6.08 Å². The summed E-state index contributed by atoms with van der Waals surface area (Å²) in [6.45, 7) is 8.11. The van der Waals surface area contributed by atoms with Crippen LogP contribution in [0.4, 0.5) is 0 Å². The van der Waals surface area contributed by atoms with Crippen molar-refractivity contribution in [3.05, 3.63) is 35.0 Å². The molecule has 0 aromatic carbocycles. The van der Waals surface area contributed by atoms with Gasteiger partial charge in [-0.15, -0.1) is 6.58 Å². The fraction of sp³-hybridized carbons (Fsp3) is 0.625. The Kier molecular flexibility index (Phi) is 4.89. The molecule has 0 spiro atoms. The highest BCUT2D eigenvalue weighted by atomic mass is 32.1. The van der Waals surface area contributed by atoms with Crippen LogP contribution in [0.15, 0.2) is 29.5 Å². The van der Waals surface area contributed by atoms with Crippen LogP contribution >= 0.6 is 11.3 Å². The van der Waals surface area contributed by atoms with Gasteiger partial charge in [0.25, 0.3) is 0 Å². The van der Waals surface area contributed by atoms with Crippen molar-refractivity contribution in [3.63, 3.8) is 0 Å². The molecule has 1 aromatic heterocycles. The van der Waals surface area contributed by atoms with Crippen LogP contribution in [0.3, 0.4) is 0 Å². The highest BCUT2D eigenvalue weighted by molar-refractivity contribution is 7.07. The number of morpholine rings is 1. The van der Waals surface area contributed by atoms with Gasteiger partial charge in [0.05, 0.1) is 25.9 Å². The van der Waals surface area contributed by atoms with Crippen molar-refractivity contribution in [2.24, 2.45) is 5.92 Å². The van der Waals surface area contributed by atoms with Crippen LogP contribution in [-0.4, -0.2) is 43.4 Å². The lowest BCUT2D eigenvalue weighted by atomic mass is 10.0. The van der Waals surface area contributed by atoms with E-state index in [4.69, 9.17) is 9.47 Å². The van der Waals surface area contributed by atoms with Gasteiger partial charge < -0.3 is 9.47 Å². The number of thiophene rings is 1. The average molecular weight is 293 g/mol. The molecule has 3 nitrogen and oxygen atoms in total. The Balaban J connectivity index is 1.58. The molecular weight excluding hydrogens is 270 g/mol. The lowest BCUT2D eigenvalue weighted by Gasteiger charge is -2.39. The Hall–Kier alpha value is -0.680. The third kappa shape index (κ3) is 3.14. The van der Waals surface area contributed by atoms with E-state index >= 15 is 0 Å². The molecule has 0 bridgehead atoms. The standard InChI is InChI=1S/C16H23NO2S/c1-2-7-18-11-14-3-4-15-16(14)19-8-6-17(15)10-13-5-9-20-12-13/h2,5,9,12,14-16H,1,3-4,6-8,10-11H2/t14-,15+,16-/m0/s1. The van der Waals surface area contributed by atoms with E-state index in [9.17, 15) is 0 Å². The van der Waals surface area contributed by atoms with Crippen molar-refractivity contribution < 1.29 is 9.47 Å². The molecule has 1 saturated carbocycles. The summed E-state index contributed by atoms with van der Waals surface area (Å²) < 4.78 is 11.7. The highest BCUT2D eigenvalue weighted by Crippen LogP contribution is 2.35. The van der Waals surface area contributed by atoms with Crippen LogP contribution in [0.1, 0.15) is 18.4 Å². The lowest BCUT2D eigenvalue weighted by Crippen LogP contribution is -2.50. The van der Waals surface area contributed by atoms with Gasteiger partial charge in [-0.05, 0) is 35.2 Å². The van der Waals surface area contributed by atoms with Crippen molar-refractivity contribution in [2.75, 3.05) is 26.4 Å². The number of fused-ring (bicyclic) bond motifs is 1. The van der Waals surface area contributed by atoms with E-state index in [1.165, 1.54) is 18.4 Å². The molecule has 0 radical (unpaired) electrons. The second-order valence-corrected chi connectivity index (χ2v) is 6.45. The molecule has 110 valence electrons. The quantitative estimate of drug-likeness (QED) is 0.594. The fourth-order valence-corrected chi connectivity index (χ4v) is 4.09. The number of nitrogens with zero attached hydrogens (tertiary/aromatic N) is 1. The molecule has 1 saturated heterocycles.